The minimum Gasteiger partial charge on any atom is -0.368 e. The topological polar surface area (TPSA) is 58.3 Å². The fourth-order valence-electron chi connectivity index (χ4n) is 2.95. The molecule has 108 valence electrons. The SMILES string of the molecule is Cc1cc2c(N(C)CC3CCCN3C)nc(N)nc2s1. The van der Waals surface area contributed by atoms with Crippen LogP contribution in [0.5, 0.6) is 0 Å². The molecule has 0 bridgehead atoms. The maximum absolute atomic E-state index is 5.85. The van der Waals surface area contributed by atoms with Gasteiger partial charge in [0.2, 0.25) is 5.95 Å². The summed E-state index contributed by atoms with van der Waals surface area (Å²) in [5.41, 5.74) is 5.85. The number of aryl methyl sites for hydroxylation is 1. The first-order valence-corrected chi connectivity index (χ1v) is 7.81. The Balaban J connectivity index is 1.92. The number of nitrogens with zero attached hydrogens (tertiary/aromatic N) is 4. The van der Waals surface area contributed by atoms with Gasteiger partial charge in [-0.1, -0.05) is 0 Å². The number of hydrogen-bond donors (Lipinski definition) is 1. The lowest BCUT2D eigenvalue weighted by Gasteiger charge is -2.27. The van der Waals surface area contributed by atoms with E-state index in [9.17, 15) is 0 Å². The van der Waals surface area contributed by atoms with Crippen molar-refractivity contribution < 1.29 is 0 Å². The van der Waals surface area contributed by atoms with Crippen LogP contribution < -0.4 is 10.6 Å². The number of rotatable bonds is 3. The number of likely N-dealkylation sites (N-methyl/N-ethyl adjacent to an activating group) is 2. The first kappa shape index (κ1) is 13.6. The van der Waals surface area contributed by atoms with Gasteiger partial charge in [0.15, 0.2) is 0 Å². The van der Waals surface area contributed by atoms with Crippen molar-refractivity contribution in [3.8, 4) is 0 Å². The average molecular weight is 291 g/mol. The second-order valence-electron chi connectivity index (χ2n) is 5.64. The number of anilines is 2. The van der Waals surface area contributed by atoms with Crippen molar-refractivity contribution in [2.45, 2.75) is 25.8 Å². The van der Waals surface area contributed by atoms with Crippen LogP contribution in [0.2, 0.25) is 0 Å². The van der Waals surface area contributed by atoms with E-state index in [1.165, 1.54) is 24.3 Å². The van der Waals surface area contributed by atoms with Crippen molar-refractivity contribution >= 4 is 33.3 Å². The van der Waals surface area contributed by atoms with Crippen LogP contribution in [-0.4, -0.2) is 48.1 Å². The first-order chi connectivity index (χ1) is 9.54. The Morgan fingerprint density at radius 3 is 3.00 bits per heavy atom. The van der Waals surface area contributed by atoms with E-state index in [0.29, 0.717) is 12.0 Å². The molecule has 0 aliphatic carbocycles. The molecule has 3 rings (SSSR count). The van der Waals surface area contributed by atoms with E-state index >= 15 is 0 Å². The minimum absolute atomic E-state index is 0.362. The second-order valence-corrected chi connectivity index (χ2v) is 6.87. The summed E-state index contributed by atoms with van der Waals surface area (Å²) >= 11 is 1.67. The lowest BCUT2D eigenvalue weighted by molar-refractivity contribution is 0.314. The summed E-state index contributed by atoms with van der Waals surface area (Å²) < 4.78 is 0. The Kier molecular flexibility index (Phi) is 3.52. The van der Waals surface area contributed by atoms with Crippen molar-refractivity contribution in [1.82, 2.24) is 14.9 Å². The normalized spacial score (nSPS) is 19.9. The Morgan fingerprint density at radius 2 is 2.30 bits per heavy atom. The monoisotopic (exact) mass is 291 g/mol. The predicted molar refractivity (Wildman–Crippen MR) is 85.5 cm³/mol. The summed E-state index contributed by atoms with van der Waals surface area (Å²) in [5, 5.41) is 1.12. The van der Waals surface area contributed by atoms with E-state index in [1.807, 2.05) is 0 Å². The summed E-state index contributed by atoms with van der Waals surface area (Å²) in [7, 11) is 4.30. The van der Waals surface area contributed by atoms with Crippen molar-refractivity contribution in [2.75, 3.05) is 37.8 Å². The minimum atomic E-state index is 0.362. The molecule has 1 fully saturated rings. The van der Waals surface area contributed by atoms with E-state index in [4.69, 9.17) is 5.73 Å². The third kappa shape index (κ3) is 2.45. The number of nitrogens with two attached hydrogens (primary N) is 1. The zero-order valence-corrected chi connectivity index (χ0v) is 13.1. The zero-order chi connectivity index (χ0) is 14.3. The molecule has 0 spiro atoms. The van der Waals surface area contributed by atoms with Gasteiger partial charge in [-0.25, -0.2) is 4.98 Å². The maximum Gasteiger partial charge on any atom is 0.223 e. The van der Waals surface area contributed by atoms with E-state index in [0.717, 1.165) is 22.6 Å². The number of likely N-dealkylation sites (tertiary alicyclic amines) is 1. The molecule has 2 aromatic rings. The summed E-state index contributed by atoms with van der Waals surface area (Å²) in [6, 6.07) is 2.76. The summed E-state index contributed by atoms with van der Waals surface area (Å²) in [5.74, 6) is 1.32. The molecular formula is C14H21N5S. The molecular weight excluding hydrogens is 270 g/mol. The average Bonchev–Trinajstić information content (AvgIpc) is 2.94. The highest BCUT2D eigenvalue weighted by Gasteiger charge is 2.23. The van der Waals surface area contributed by atoms with Crippen molar-refractivity contribution in [1.29, 1.82) is 0 Å². The highest BCUT2D eigenvalue weighted by Crippen LogP contribution is 2.31. The third-order valence-electron chi connectivity index (χ3n) is 4.03. The van der Waals surface area contributed by atoms with Crippen molar-refractivity contribution in [2.24, 2.45) is 0 Å². The highest BCUT2D eigenvalue weighted by atomic mass is 32.1. The molecule has 0 saturated carbocycles. The molecule has 20 heavy (non-hydrogen) atoms. The molecule has 1 saturated heterocycles. The summed E-state index contributed by atoms with van der Waals surface area (Å²) in [4.78, 5) is 15.7. The molecule has 0 radical (unpaired) electrons. The Morgan fingerprint density at radius 1 is 1.50 bits per heavy atom. The Labute approximate surface area is 123 Å². The van der Waals surface area contributed by atoms with Crippen LogP contribution in [0.25, 0.3) is 10.2 Å². The van der Waals surface area contributed by atoms with Crippen LogP contribution >= 0.6 is 11.3 Å². The van der Waals surface area contributed by atoms with Crippen LogP contribution in [0.1, 0.15) is 17.7 Å². The van der Waals surface area contributed by atoms with Gasteiger partial charge in [0.1, 0.15) is 10.6 Å². The number of nitrogen functional groups attached to an aromatic ring is 1. The Hall–Kier alpha value is -1.40. The van der Waals surface area contributed by atoms with Crippen LogP contribution in [0.15, 0.2) is 6.07 Å². The lowest BCUT2D eigenvalue weighted by atomic mass is 10.2. The molecule has 0 aromatic carbocycles. The van der Waals surface area contributed by atoms with Crippen LogP contribution in [-0.2, 0) is 0 Å². The van der Waals surface area contributed by atoms with E-state index in [1.54, 1.807) is 11.3 Å². The van der Waals surface area contributed by atoms with Crippen molar-refractivity contribution in [3.05, 3.63) is 10.9 Å². The molecule has 1 aliphatic rings. The first-order valence-electron chi connectivity index (χ1n) is 6.99. The largest absolute Gasteiger partial charge is 0.368 e. The van der Waals surface area contributed by atoms with E-state index in [2.05, 4.69) is 46.9 Å². The molecule has 5 nitrogen and oxygen atoms in total. The predicted octanol–water partition coefficient (Wildman–Crippen LogP) is 2.11. The molecule has 6 heteroatoms. The van der Waals surface area contributed by atoms with Gasteiger partial charge < -0.3 is 15.5 Å². The van der Waals surface area contributed by atoms with Gasteiger partial charge in [0, 0.05) is 24.5 Å². The molecule has 2 N–H and O–H groups in total. The summed E-state index contributed by atoms with van der Waals surface area (Å²) in [6.45, 7) is 4.27. The van der Waals surface area contributed by atoms with Gasteiger partial charge in [-0.05, 0) is 39.4 Å². The van der Waals surface area contributed by atoms with Crippen LogP contribution in [0.3, 0.4) is 0 Å². The Bertz CT molecular complexity index is 623. The van der Waals surface area contributed by atoms with E-state index in [-0.39, 0.29) is 0 Å². The van der Waals surface area contributed by atoms with Gasteiger partial charge in [0.05, 0.1) is 5.39 Å². The molecule has 0 amide bonds. The maximum atomic E-state index is 5.85. The van der Waals surface area contributed by atoms with Gasteiger partial charge in [-0.2, -0.15) is 4.98 Å². The number of fused-ring (bicyclic) bond motifs is 1. The zero-order valence-electron chi connectivity index (χ0n) is 12.3. The standard InChI is InChI=1S/C14H21N5S/c1-9-7-11-12(16-14(15)17-13(11)20-9)19(3)8-10-5-4-6-18(10)2/h7,10H,4-6,8H2,1-3H3,(H2,15,16,17). The van der Waals surface area contributed by atoms with Gasteiger partial charge >= 0.3 is 0 Å². The molecule has 3 heterocycles. The van der Waals surface area contributed by atoms with Gasteiger partial charge in [0.25, 0.3) is 0 Å². The van der Waals surface area contributed by atoms with Gasteiger partial charge in [-0.3, -0.25) is 0 Å². The number of hydrogen-bond acceptors (Lipinski definition) is 6. The summed E-state index contributed by atoms with van der Waals surface area (Å²) in [6.07, 6.45) is 2.54. The highest BCUT2D eigenvalue weighted by molar-refractivity contribution is 7.18. The third-order valence-corrected chi connectivity index (χ3v) is 4.98. The van der Waals surface area contributed by atoms with Crippen molar-refractivity contribution in [3.63, 3.8) is 0 Å². The number of thiophene rings is 1. The molecule has 1 unspecified atom stereocenters. The van der Waals surface area contributed by atoms with Crippen LogP contribution in [0, 0.1) is 6.92 Å². The fraction of sp³-hybridized carbons (Fsp3) is 0.571. The molecule has 1 atom stereocenters. The quantitative estimate of drug-likeness (QED) is 0.938. The van der Waals surface area contributed by atoms with Gasteiger partial charge in [-0.15, -0.1) is 11.3 Å². The smallest absolute Gasteiger partial charge is 0.223 e. The second kappa shape index (κ2) is 5.18. The lowest BCUT2D eigenvalue weighted by Crippen LogP contribution is -2.37. The van der Waals surface area contributed by atoms with Crippen LogP contribution in [0.4, 0.5) is 11.8 Å². The molecule has 2 aromatic heterocycles. The number of aromatic nitrogens is 2. The fourth-order valence-corrected chi connectivity index (χ4v) is 3.83. The molecule has 1 aliphatic heterocycles. The van der Waals surface area contributed by atoms with E-state index < -0.39 is 0 Å².